The minimum atomic E-state index is -2.45. The number of hydrogen-bond acceptors (Lipinski definition) is 4. The fourth-order valence-corrected chi connectivity index (χ4v) is 1.66. The molecule has 0 fully saturated rings. The van der Waals surface area contributed by atoms with Gasteiger partial charge in [-0.05, 0) is 30.7 Å². The number of rotatable bonds is 10. The highest BCUT2D eigenvalue weighted by molar-refractivity contribution is 6.31. The highest BCUT2D eigenvalue weighted by Gasteiger charge is 2.06. The molecule has 0 aliphatic heterocycles. The fourth-order valence-electron chi connectivity index (χ4n) is 1.54. The summed E-state index contributed by atoms with van der Waals surface area (Å²) in [4.78, 5) is 0. The van der Waals surface area contributed by atoms with Crippen LogP contribution in [0.4, 0.5) is 8.78 Å². The summed E-state index contributed by atoms with van der Waals surface area (Å²) in [6.45, 7) is 2.30. The van der Waals surface area contributed by atoms with Crippen LogP contribution in [0.5, 0.6) is 5.75 Å². The van der Waals surface area contributed by atoms with Gasteiger partial charge < -0.3 is 19.9 Å². The molecule has 21 heavy (non-hydrogen) atoms. The molecule has 1 aromatic carbocycles. The largest absolute Gasteiger partial charge is 0.491 e. The molecular formula is C14H20ClF2NO3. The quantitative estimate of drug-likeness (QED) is 0.649. The maximum absolute atomic E-state index is 11.8. The average Bonchev–Trinajstić information content (AvgIpc) is 2.43. The molecule has 0 aliphatic rings. The Morgan fingerprint density at radius 3 is 2.76 bits per heavy atom. The normalized spacial score (nSPS) is 12.7. The fraction of sp³-hybridized carbons (Fsp3) is 0.571. The average molecular weight is 324 g/mol. The minimum Gasteiger partial charge on any atom is -0.491 e. The molecule has 0 radical (unpaired) electrons. The maximum atomic E-state index is 11.8. The molecule has 1 unspecified atom stereocenters. The van der Waals surface area contributed by atoms with Crippen LogP contribution in [0.1, 0.15) is 5.56 Å². The minimum absolute atomic E-state index is 0.131. The third kappa shape index (κ3) is 8.16. The lowest BCUT2D eigenvalue weighted by Crippen LogP contribution is -2.33. The Morgan fingerprint density at radius 2 is 2.10 bits per heavy atom. The Kier molecular flexibility index (Phi) is 8.52. The van der Waals surface area contributed by atoms with Gasteiger partial charge in [0.2, 0.25) is 0 Å². The number of aliphatic hydroxyl groups is 1. The third-order valence-electron chi connectivity index (χ3n) is 2.62. The molecule has 7 heteroatoms. The first-order valence-electron chi connectivity index (χ1n) is 6.62. The Bertz CT molecular complexity index is 421. The van der Waals surface area contributed by atoms with E-state index >= 15 is 0 Å². The van der Waals surface area contributed by atoms with Gasteiger partial charge in [0, 0.05) is 18.1 Å². The van der Waals surface area contributed by atoms with Crippen LogP contribution < -0.4 is 10.1 Å². The van der Waals surface area contributed by atoms with Gasteiger partial charge >= 0.3 is 0 Å². The summed E-state index contributed by atoms with van der Waals surface area (Å²) >= 11 is 5.90. The van der Waals surface area contributed by atoms with E-state index in [4.69, 9.17) is 21.1 Å². The number of benzene rings is 1. The molecule has 0 saturated carbocycles. The second kappa shape index (κ2) is 9.89. The Labute approximate surface area is 128 Å². The van der Waals surface area contributed by atoms with Gasteiger partial charge in [-0.15, -0.1) is 0 Å². The van der Waals surface area contributed by atoms with Crippen LogP contribution >= 0.6 is 11.6 Å². The molecule has 120 valence electrons. The first-order chi connectivity index (χ1) is 9.99. The van der Waals surface area contributed by atoms with Crippen molar-refractivity contribution in [2.24, 2.45) is 0 Å². The van der Waals surface area contributed by atoms with Crippen LogP contribution in [0.25, 0.3) is 0 Å². The number of ether oxygens (including phenoxy) is 2. The van der Waals surface area contributed by atoms with Gasteiger partial charge in [0.1, 0.15) is 25.1 Å². The number of nitrogens with one attached hydrogen (secondary N) is 1. The topological polar surface area (TPSA) is 50.7 Å². The van der Waals surface area contributed by atoms with E-state index in [0.29, 0.717) is 23.9 Å². The number of alkyl halides is 2. The second-order valence-corrected chi connectivity index (χ2v) is 4.95. The van der Waals surface area contributed by atoms with Crippen molar-refractivity contribution >= 4 is 11.6 Å². The third-order valence-corrected chi connectivity index (χ3v) is 3.04. The summed E-state index contributed by atoms with van der Waals surface area (Å²) in [7, 11) is 0. The van der Waals surface area contributed by atoms with Crippen LogP contribution in [0, 0.1) is 6.92 Å². The van der Waals surface area contributed by atoms with Crippen molar-refractivity contribution in [3.05, 3.63) is 28.8 Å². The first kappa shape index (κ1) is 18.1. The van der Waals surface area contributed by atoms with Gasteiger partial charge in [-0.3, -0.25) is 0 Å². The van der Waals surface area contributed by atoms with Gasteiger partial charge in [-0.1, -0.05) is 11.6 Å². The van der Waals surface area contributed by atoms with E-state index in [1.807, 2.05) is 6.92 Å². The highest BCUT2D eigenvalue weighted by atomic mass is 35.5. The van der Waals surface area contributed by atoms with Gasteiger partial charge in [0.25, 0.3) is 6.43 Å². The molecule has 0 saturated heterocycles. The van der Waals surface area contributed by atoms with Gasteiger partial charge in [-0.25, -0.2) is 8.78 Å². The van der Waals surface area contributed by atoms with Gasteiger partial charge in [0.15, 0.2) is 0 Å². The monoisotopic (exact) mass is 323 g/mol. The van der Waals surface area contributed by atoms with Crippen molar-refractivity contribution in [2.75, 3.05) is 32.9 Å². The van der Waals surface area contributed by atoms with Crippen LogP contribution in [-0.4, -0.2) is 50.5 Å². The summed E-state index contributed by atoms with van der Waals surface area (Å²) in [6.07, 6.45) is -3.15. The first-order valence-corrected chi connectivity index (χ1v) is 7.00. The summed E-state index contributed by atoms with van der Waals surface area (Å²) in [5.74, 6) is 0.635. The molecule has 1 rings (SSSR count). The zero-order chi connectivity index (χ0) is 15.7. The summed E-state index contributed by atoms with van der Waals surface area (Å²) < 4.78 is 33.7. The highest BCUT2D eigenvalue weighted by Crippen LogP contribution is 2.20. The summed E-state index contributed by atoms with van der Waals surface area (Å²) in [5.41, 5.74) is 0.901. The van der Waals surface area contributed by atoms with Crippen LogP contribution in [0.3, 0.4) is 0 Å². The van der Waals surface area contributed by atoms with E-state index in [-0.39, 0.29) is 13.2 Å². The lowest BCUT2D eigenvalue weighted by molar-refractivity contribution is 0.0177. The second-order valence-electron chi connectivity index (χ2n) is 4.55. The molecule has 2 N–H and O–H groups in total. The lowest BCUT2D eigenvalue weighted by atomic mass is 10.2. The predicted octanol–water partition coefficient (Wildman–Crippen LogP) is 2.26. The van der Waals surface area contributed by atoms with Gasteiger partial charge in [-0.2, -0.15) is 0 Å². The van der Waals surface area contributed by atoms with Crippen LogP contribution in [0.15, 0.2) is 18.2 Å². The molecule has 0 bridgehead atoms. The van der Waals surface area contributed by atoms with E-state index in [9.17, 15) is 13.9 Å². The van der Waals surface area contributed by atoms with Crippen molar-refractivity contribution in [1.82, 2.24) is 5.32 Å². The van der Waals surface area contributed by atoms with Crippen molar-refractivity contribution in [3.8, 4) is 5.75 Å². The number of halogens is 3. The number of hydrogen-bond donors (Lipinski definition) is 2. The SMILES string of the molecule is Cc1cc(OCC(O)CNCCOCC(F)F)ccc1Cl. The molecular weight excluding hydrogens is 304 g/mol. The zero-order valence-electron chi connectivity index (χ0n) is 11.8. The molecule has 1 atom stereocenters. The van der Waals surface area contributed by atoms with E-state index in [1.54, 1.807) is 18.2 Å². The standard InChI is InChI=1S/C14H20ClF2NO3/c1-10-6-12(2-3-13(10)15)21-8-11(19)7-18-4-5-20-9-14(16)17/h2-3,6,11,14,18-19H,4-5,7-9H2,1H3. The lowest BCUT2D eigenvalue weighted by Gasteiger charge is -2.14. The molecule has 0 amide bonds. The Morgan fingerprint density at radius 1 is 1.33 bits per heavy atom. The van der Waals surface area contributed by atoms with E-state index < -0.39 is 19.1 Å². The van der Waals surface area contributed by atoms with Crippen molar-refractivity contribution in [1.29, 1.82) is 0 Å². The molecule has 1 aromatic rings. The number of aliphatic hydroxyl groups excluding tert-OH is 1. The number of aryl methyl sites for hydroxylation is 1. The maximum Gasteiger partial charge on any atom is 0.261 e. The van der Waals surface area contributed by atoms with E-state index in [0.717, 1.165) is 5.56 Å². The molecule has 0 heterocycles. The summed E-state index contributed by atoms with van der Waals surface area (Å²) in [5, 5.41) is 13.3. The molecule has 0 aliphatic carbocycles. The molecule has 4 nitrogen and oxygen atoms in total. The van der Waals surface area contributed by atoms with Gasteiger partial charge in [0.05, 0.1) is 6.61 Å². The van der Waals surface area contributed by atoms with Crippen LogP contribution in [0.2, 0.25) is 5.02 Å². The van der Waals surface area contributed by atoms with Crippen molar-refractivity contribution in [2.45, 2.75) is 19.5 Å². The zero-order valence-corrected chi connectivity index (χ0v) is 12.6. The smallest absolute Gasteiger partial charge is 0.261 e. The Hall–Kier alpha value is -0.950. The summed E-state index contributed by atoms with van der Waals surface area (Å²) in [6, 6.07) is 5.26. The van der Waals surface area contributed by atoms with E-state index in [2.05, 4.69) is 5.32 Å². The molecule has 0 spiro atoms. The van der Waals surface area contributed by atoms with Crippen molar-refractivity contribution < 1.29 is 23.4 Å². The van der Waals surface area contributed by atoms with E-state index in [1.165, 1.54) is 0 Å². The Balaban J connectivity index is 2.10. The predicted molar refractivity (Wildman–Crippen MR) is 77.4 cm³/mol. The van der Waals surface area contributed by atoms with Crippen molar-refractivity contribution in [3.63, 3.8) is 0 Å². The molecule has 0 aromatic heterocycles. The van der Waals surface area contributed by atoms with Crippen LogP contribution in [-0.2, 0) is 4.74 Å².